The van der Waals surface area contributed by atoms with Crippen LogP contribution in [0.15, 0.2) is 30.3 Å². The minimum atomic E-state index is -1.15. The van der Waals surface area contributed by atoms with Crippen molar-refractivity contribution in [3.8, 4) is 0 Å². The van der Waals surface area contributed by atoms with Gasteiger partial charge in [0.05, 0.1) is 5.56 Å². The Morgan fingerprint density at radius 3 is 2.70 bits per heavy atom. The molecule has 0 saturated heterocycles. The molecule has 0 aliphatic rings. The molecule has 2 N–H and O–H groups in total. The fourth-order valence-corrected chi connectivity index (χ4v) is 1.77. The normalized spacial score (nSPS) is 10.3. The molecular formula is C13H9ClF2N2O2. The number of aromatic carboxylic acids is 1. The van der Waals surface area contributed by atoms with Crippen LogP contribution < -0.4 is 5.32 Å². The lowest BCUT2D eigenvalue weighted by Gasteiger charge is -2.08. The van der Waals surface area contributed by atoms with Gasteiger partial charge < -0.3 is 10.4 Å². The van der Waals surface area contributed by atoms with Crippen molar-refractivity contribution in [2.75, 3.05) is 5.32 Å². The van der Waals surface area contributed by atoms with E-state index in [1.54, 1.807) is 0 Å². The van der Waals surface area contributed by atoms with E-state index in [-0.39, 0.29) is 28.6 Å². The van der Waals surface area contributed by atoms with Gasteiger partial charge in [-0.3, -0.25) is 0 Å². The summed E-state index contributed by atoms with van der Waals surface area (Å²) in [7, 11) is 0. The Bertz CT molecular complexity index is 665. The number of benzene rings is 1. The average molecular weight is 299 g/mol. The first-order chi connectivity index (χ1) is 9.45. The monoisotopic (exact) mass is 298 g/mol. The quantitative estimate of drug-likeness (QED) is 0.850. The van der Waals surface area contributed by atoms with Crippen molar-refractivity contribution in [3.05, 3.63) is 58.2 Å². The number of halogens is 3. The Morgan fingerprint density at radius 2 is 2.05 bits per heavy atom. The number of carbonyl (C=O) groups is 1. The Labute approximate surface area is 118 Å². The summed E-state index contributed by atoms with van der Waals surface area (Å²) in [5.74, 6) is -2.32. The predicted octanol–water partition coefficient (Wildman–Crippen LogP) is 3.32. The number of carboxylic acid groups (broad SMARTS) is 1. The molecule has 0 bridgehead atoms. The molecule has 0 spiro atoms. The second-order valence-electron chi connectivity index (χ2n) is 3.96. The average Bonchev–Trinajstić information content (AvgIpc) is 2.37. The van der Waals surface area contributed by atoms with E-state index in [1.165, 1.54) is 18.2 Å². The molecule has 0 unspecified atom stereocenters. The molecule has 0 saturated carbocycles. The Kier molecular flexibility index (Phi) is 4.14. The largest absolute Gasteiger partial charge is 0.478 e. The van der Waals surface area contributed by atoms with E-state index in [0.717, 1.165) is 12.1 Å². The maximum atomic E-state index is 13.4. The second-order valence-corrected chi connectivity index (χ2v) is 4.35. The highest BCUT2D eigenvalue weighted by atomic mass is 35.5. The number of nitrogens with one attached hydrogen (secondary N) is 1. The minimum absolute atomic E-state index is 0.00646. The summed E-state index contributed by atoms with van der Waals surface area (Å²) in [4.78, 5) is 14.7. The van der Waals surface area contributed by atoms with Gasteiger partial charge in [0.1, 0.15) is 22.6 Å². The molecule has 1 heterocycles. The van der Waals surface area contributed by atoms with E-state index < -0.39 is 17.6 Å². The lowest BCUT2D eigenvalue weighted by Crippen LogP contribution is -2.06. The Balaban J connectivity index is 2.16. The maximum absolute atomic E-state index is 13.4. The SMILES string of the molecule is O=C(O)c1cc(Cl)nc(NCc2ccc(F)cc2F)c1. The highest BCUT2D eigenvalue weighted by molar-refractivity contribution is 6.29. The first-order valence-corrected chi connectivity index (χ1v) is 5.92. The zero-order valence-corrected chi connectivity index (χ0v) is 10.8. The molecule has 0 atom stereocenters. The number of aromatic nitrogens is 1. The zero-order valence-electron chi connectivity index (χ0n) is 10.0. The topological polar surface area (TPSA) is 62.2 Å². The van der Waals surface area contributed by atoms with Gasteiger partial charge in [-0.2, -0.15) is 0 Å². The van der Waals surface area contributed by atoms with Crippen molar-refractivity contribution >= 4 is 23.4 Å². The fraction of sp³-hybridized carbons (Fsp3) is 0.0769. The molecule has 1 aromatic carbocycles. The molecule has 7 heteroatoms. The highest BCUT2D eigenvalue weighted by Crippen LogP contribution is 2.16. The standard InChI is InChI=1S/C13H9ClF2N2O2/c14-11-3-8(13(19)20)4-12(18-11)17-6-7-1-2-9(15)5-10(7)16/h1-5H,6H2,(H,17,18)(H,19,20). The molecule has 2 rings (SSSR count). The van der Waals surface area contributed by atoms with Gasteiger partial charge >= 0.3 is 5.97 Å². The van der Waals surface area contributed by atoms with Crippen LogP contribution in [0.25, 0.3) is 0 Å². The summed E-state index contributed by atoms with van der Waals surface area (Å²) < 4.78 is 26.2. The smallest absolute Gasteiger partial charge is 0.335 e. The molecule has 0 radical (unpaired) electrons. The van der Waals surface area contributed by atoms with E-state index >= 15 is 0 Å². The number of nitrogens with zero attached hydrogens (tertiary/aromatic N) is 1. The summed E-state index contributed by atoms with van der Waals surface area (Å²) in [6.45, 7) is 0.0263. The van der Waals surface area contributed by atoms with Crippen LogP contribution in [-0.4, -0.2) is 16.1 Å². The molecule has 0 fully saturated rings. The predicted molar refractivity (Wildman–Crippen MR) is 69.9 cm³/mol. The maximum Gasteiger partial charge on any atom is 0.335 e. The molecule has 4 nitrogen and oxygen atoms in total. The first-order valence-electron chi connectivity index (χ1n) is 5.54. The molecule has 104 valence electrons. The lowest BCUT2D eigenvalue weighted by atomic mass is 10.2. The molecule has 1 aromatic heterocycles. The van der Waals surface area contributed by atoms with E-state index in [2.05, 4.69) is 10.3 Å². The van der Waals surface area contributed by atoms with Gasteiger partial charge in [0.15, 0.2) is 0 Å². The third kappa shape index (κ3) is 3.42. The van der Waals surface area contributed by atoms with E-state index in [4.69, 9.17) is 16.7 Å². The van der Waals surface area contributed by atoms with Crippen molar-refractivity contribution in [3.63, 3.8) is 0 Å². The highest BCUT2D eigenvalue weighted by Gasteiger charge is 2.08. The van der Waals surface area contributed by atoms with Gasteiger partial charge in [-0.1, -0.05) is 17.7 Å². The van der Waals surface area contributed by atoms with Crippen molar-refractivity contribution in [1.82, 2.24) is 4.98 Å². The molecule has 20 heavy (non-hydrogen) atoms. The summed E-state index contributed by atoms with van der Waals surface area (Å²) >= 11 is 5.69. The lowest BCUT2D eigenvalue weighted by molar-refractivity contribution is 0.0697. The second kappa shape index (κ2) is 5.83. The molecule has 2 aromatic rings. The van der Waals surface area contributed by atoms with Crippen LogP contribution in [0.4, 0.5) is 14.6 Å². The van der Waals surface area contributed by atoms with Crippen molar-refractivity contribution in [2.45, 2.75) is 6.54 Å². The molecule has 0 aliphatic carbocycles. The third-order valence-electron chi connectivity index (χ3n) is 2.52. The van der Waals surface area contributed by atoms with Gasteiger partial charge in [0.25, 0.3) is 0 Å². The number of rotatable bonds is 4. The van der Waals surface area contributed by atoms with Gasteiger partial charge in [-0.25, -0.2) is 18.6 Å². The summed E-state index contributed by atoms with van der Waals surface area (Å²) in [6, 6.07) is 5.67. The van der Waals surface area contributed by atoms with Crippen LogP contribution in [0.5, 0.6) is 0 Å². The Hall–Kier alpha value is -2.21. The van der Waals surface area contributed by atoms with Crippen LogP contribution in [0.2, 0.25) is 5.15 Å². The summed E-state index contributed by atoms with van der Waals surface area (Å²) in [6.07, 6.45) is 0. The van der Waals surface area contributed by atoms with Crippen LogP contribution >= 0.6 is 11.6 Å². The van der Waals surface area contributed by atoms with E-state index in [1.807, 2.05) is 0 Å². The van der Waals surface area contributed by atoms with E-state index in [9.17, 15) is 13.6 Å². The molecule has 0 amide bonds. The summed E-state index contributed by atoms with van der Waals surface area (Å²) in [5.41, 5.74) is 0.192. The van der Waals surface area contributed by atoms with Gasteiger partial charge in [0.2, 0.25) is 0 Å². The number of carboxylic acids is 1. The number of hydrogen-bond donors (Lipinski definition) is 2. The number of hydrogen-bond acceptors (Lipinski definition) is 3. The fourth-order valence-electron chi connectivity index (χ4n) is 1.56. The van der Waals surface area contributed by atoms with Crippen LogP contribution in [-0.2, 0) is 6.54 Å². The first kappa shape index (κ1) is 14.2. The van der Waals surface area contributed by atoms with Crippen molar-refractivity contribution < 1.29 is 18.7 Å². The van der Waals surface area contributed by atoms with Gasteiger partial charge in [-0.05, 0) is 18.2 Å². The van der Waals surface area contributed by atoms with Crippen LogP contribution in [0.1, 0.15) is 15.9 Å². The van der Waals surface area contributed by atoms with Crippen LogP contribution in [0, 0.1) is 11.6 Å². The molecule has 0 aliphatic heterocycles. The van der Waals surface area contributed by atoms with Gasteiger partial charge in [-0.15, -0.1) is 0 Å². The van der Waals surface area contributed by atoms with Crippen molar-refractivity contribution in [2.24, 2.45) is 0 Å². The number of pyridine rings is 1. The summed E-state index contributed by atoms with van der Waals surface area (Å²) in [5, 5.41) is 11.6. The van der Waals surface area contributed by atoms with Crippen molar-refractivity contribution in [1.29, 1.82) is 0 Å². The number of anilines is 1. The Morgan fingerprint density at radius 1 is 1.30 bits per heavy atom. The minimum Gasteiger partial charge on any atom is -0.478 e. The molecular weight excluding hydrogens is 290 g/mol. The van der Waals surface area contributed by atoms with Crippen LogP contribution in [0.3, 0.4) is 0 Å². The van der Waals surface area contributed by atoms with E-state index in [0.29, 0.717) is 0 Å². The van der Waals surface area contributed by atoms with Gasteiger partial charge in [0, 0.05) is 18.2 Å². The zero-order chi connectivity index (χ0) is 14.7. The third-order valence-corrected chi connectivity index (χ3v) is 2.71.